The molecule has 2 aliphatic rings. The lowest BCUT2D eigenvalue weighted by Crippen LogP contribution is -2.47. The van der Waals surface area contributed by atoms with E-state index in [-0.39, 0.29) is 23.9 Å². The normalized spacial score (nSPS) is 26.0. The number of fused-ring (bicyclic) bond motifs is 1. The number of rotatable bonds is 2. The summed E-state index contributed by atoms with van der Waals surface area (Å²) in [5.41, 5.74) is 6.81. The van der Waals surface area contributed by atoms with E-state index in [4.69, 9.17) is 0 Å². The van der Waals surface area contributed by atoms with E-state index in [9.17, 15) is 18.0 Å². The molecule has 0 radical (unpaired) electrons. The zero-order valence-corrected chi connectivity index (χ0v) is 14.3. The zero-order chi connectivity index (χ0) is 18.3. The number of nitrogens with one attached hydrogen (secondary N) is 2. The van der Waals surface area contributed by atoms with Crippen LogP contribution >= 0.6 is 11.5 Å². The van der Waals surface area contributed by atoms with Gasteiger partial charge in [0.15, 0.2) is 5.69 Å². The second kappa shape index (κ2) is 6.60. The highest BCUT2D eigenvalue weighted by Gasteiger charge is 2.42. The van der Waals surface area contributed by atoms with Gasteiger partial charge >= 0.3 is 6.18 Å². The van der Waals surface area contributed by atoms with Crippen molar-refractivity contribution in [1.29, 1.82) is 0 Å². The fourth-order valence-electron chi connectivity index (χ4n) is 3.62. The molecule has 0 spiro atoms. The number of piperidine rings is 1. The Bertz CT molecular complexity index is 780. The van der Waals surface area contributed by atoms with Crippen LogP contribution in [0, 0.1) is 5.92 Å². The van der Waals surface area contributed by atoms with Gasteiger partial charge in [-0.25, -0.2) is 5.43 Å². The third kappa shape index (κ3) is 3.19. The van der Waals surface area contributed by atoms with Crippen LogP contribution < -0.4 is 10.9 Å². The number of aromatic nitrogens is 2. The SMILES string of the molecule is O=C(c1csnn1)N1CCC2NNC(c3ccc(C(F)(F)F)cc3)C2C1. The number of nitrogens with zero attached hydrogens (tertiary/aromatic N) is 3. The number of likely N-dealkylation sites (tertiary alicyclic amines) is 1. The average Bonchev–Trinajstić information content (AvgIpc) is 3.30. The molecule has 1 amide bonds. The molecule has 2 aromatic rings. The Kier molecular flexibility index (Phi) is 4.41. The van der Waals surface area contributed by atoms with E-state index in [2.05, 4.69) is 20.4 Å². The quantitative estimate of drug-likeness (QED) is 0.832. The summed E-state index contributed by atoms with van der Waals surface area (Å²) in [7, 11) is 0. The van der Waals surface area contributed by atoms with E-state index in [1.54, 1.807) is 10.3 Å². The second-order valence-corrected chi connectivity index (χ2v) is 7.10. The first-order chi connectivity index (χ1) is 12.4. The van der Waals surface area contributed by atoms with E-state index in [1.165, 1.54) is 12.1 Å². The third-order valence-corrected chi connectivity index (χ3v) is 5.48. The molecule has 4 rings (SSSR count). The smallest absolute Gasteiger partial charge is 0.337 e. The second-order valence-electron chi connectivity index (χ2n) is 6.49. The number of hydrazine groups is 1. The van der Waals surface area contributed by atoms with Gasteiger partial charge in [0.25, 0.3) is 5.91 Å². The van der Waals surface area contributed by atoms with Gasteiger partial charge in [-0.3, -0.25) is 10.2 Å². The van der Waals surface area contributed by atoms with Crippen molar-refractivity contribution in [2.45, 2.75) is 24.7 Å². The Morgan fingerprint density at radius 3 is 2.65 bits per heavy atom. The Morgan fingerprint density at radius 2 is 2.00 bits per heavy atom. The van der Waals surface area contributed by atoms with E-state index < -0.39 is 11.7 Å². The first kappa shape index (κ1) is 17.4. The fraction of sp³-hybridized carbons (Fsp3) is 0.438. The van der Waals surface area contributed by atoms with Crippen LogP contribution in [-0.2, 0) is 6.18 Å². The number of hydrogen-bond acceptors (Lipinski definition) is 6. The minimum absolute atomic E-state index is 0.0658. The van der Waals surface area contributed by atoms with Crippen LogP contribution in [-0.4, -0.2) is 39.5 Å². The zero-order valence-electron chi connectivity index (χ0n) is 13.5. The lowest BCUT2D eigenvalue weighted by molar-refractivity contribution is -0.137. The number of amides is 1. The molecule has 2 fully saturated rings. The monoisotopic (exact) mass is 383 g/mol. The molecule has 10 heteroatoms. The van der Waals surface area contributed by atoms with E-state index in [0.29, 0.717) is 18.8 Å². The summed E-state index contributed by atoms with van der Waals surface area (Å²) in [6.45, 7) is 1.11. The predicted octanol–water partition coefficient (Wildman–Crippen LogP) is 2.24. The number of carbonyl (C=O) groups excluding carboxylic acids is 1. The molecular formula is C16H16F3N5OS. The summed E-state index contributed by atoms with van der Waals surface area (Å²) in [5.74, 6) is -0.0914. The minimum Gasteiger partial charge on any atom is -0.337 e. The van der Waals surface area contributed by atoms with Crippen molar-refractivity contribution in [3.63, 3.8) is 0 Å². The molecule has 2 N–H and O–H groups in total. The van der Waals surface area contributed by atoms with Crippen LogP contribution in [0.2, 0.25) is 0 Å². The molecule has 138 valence electrons. The number of halogens is 3. The number of carbonyl (C=O) groups is 1. The first-order valence-corrected chi connectivity index (χ1v) is 9.01. The highest BCUT2D eigenvalue weighted by Crippen LogP contribution is 2.36. The molecule has 2 aliphatic heterocycles. The fourth-order valence-corrected chi connectivity index (χ4v) is 4.05. The maximum atomic E-state index is 12.8. The van der Waals surface area contributed by atoms with Crippen LogP contribution in [0.4, 0.5) is 13.2 Å². The van der Waals surface area contributed by atoms with Crippen LogP contribution in [0.25, 0.3) is 0 Å². The largest absolute Gasteiger partial charge is 0.416 e. The van der Waals surface area contributed by atoms with Gasteiger partial charge < -0.3 is 4.90 Å². The van der Waals surface area contributed by atoms with Gasteiger partial charge in [-0.15, -0.1) is 5.10 Å². The maximum Gasteiger partial charge on any atom is 0.416 e. The molecule has 26 heavy (non-hydrogen) atoms. The molecule has 2 saturated heterocycles. The average molecular weight is 383 g/mol. The van der Waals surface area contributed by atoms with Crippen molar-refractivity contribution >= 4 is 17.4 Å². The summed E-state index contributed by atoms with van der Waals surface area (Å²) in [6, 6.07) is 5.19. The number of hydrogen-bond donors (Lipinski definition) is 2. The topological polar surface area (TPSA) is 70.2 Å². The van der Waals surface area contributed by atoms with Crippen molar-refractivity contribution in [2.24, 2.45) is 5.92 Å². The molecule has 3 heterocycles. The van der Waals surface area contributed by atoms with E-state index >= 15 is 0 Å². The van der Waals surface area contributed by atoms with Crippen molar-refractivity contribution < 1.29 is 18.0 Å². The Morgan fingerprint density at radius 1 is 1.23 bits per heavy atom. The molecule has 6 nitrogen and oxygen atoms in total. The number of alkyl halides is 3. The summed E-state index contributed by atoms with van der Waals surface area (Å²) in [6.07, 6.45) is -3.59. The highest BCUT2D eigenvalue weighted by atomic mass is 32.1. The molecule has 1 aromatic carbocycles. The first-order valence-electron chi connectivity index (χ1n) is 8.18. The van der Waals surface area contributed by atoms with Crippen molar-refractivity contribution in [3.8, 4) is 0 Å². The van der Waals surface area contributed by atoms with Crippen molar-refractivity contribution in [3.05, 3.63) is 46.5 Å². The molecule has 0 bridgehead atoms. The van der Waals surface area contributed by atoms with E-state index in [1.807, 2.05) is 0 Å². The van der Waals surface area contributed by atoms with Gasteiger partial charge in [-0.05, 0) is 35.6 Å². The van der Waals surface area contributed by atoms with Crippen LogP contribution in [0.5, 0.6) is 0 Å². The van der Waals surface area contributed by atoms with Crippen LogP contribution in [0.15, 0.2) is 29.6 Å². The molecule has 1 aromatic heterocycles. The summed E-state index contributed by atoms with van der Waals surface area (Å²) in [5, 5.41) is 5.44. The Hall–Kier alpha value is -2.04. The van der Waals surface area contributed by atoms with Gasteiger partial charge in [0.2, 0.25) is 0 Å². The minimum atomic E-state index is -4.35. The lowest BCUT2D eigenvalue weighted by Gasteiger charge is -2.35. The number of benzene rings is 1. The summed E-state index contributed by atoms with van der Waals surface area (Å²) in [4.78, 5) is 14.3. The van der Waals surface area contributed by atoms with Gasteiger partial charge in [0, 0.05) is 30.4 Å². The molecule has 3 atom stereocenters. The van der Waals surface area contributed by atoms with Gasteiger partial charge in [0.1, 0.15) is 0 Å². The Labute approximate surface area is 151 Å². The van der Waals surface area contributed by atoms with Crippen LogP contribution in [0.1, 0.15) is 34.1 Å². The third-order valence-electron chi connectivity index (χ3n) is 4.97. The highest BCUT2D eigenvalue weighted by molar-refractivity contribution is 7.03. The van der Waals surface area contributed by atoms with Gasteiger partial charge in [-0.1, -0.05) is 16.6 Å². The summed E-state index contributed by atoms with van der Waals surface area (Å²) >= 11 is 1.13. The van der Waals surface area contributed by atoms with E-state index in [0.717, 1.165) is 35.6 Å². The molecule has 3 unspecified atom stereocenters. The van der Waals surface area contributed by atoms with Crippen molar-refractivity contribution in [2.75, 3.05) is 13.1 Å². The predicted molar refractivity (Wildman–Crippen MR) is 88.2 cm³/mol. The Balaban J connectivity index is 1.51. The van der Waals surface area contributed by atoms with Gasteiger partial charge in [0.05, 0.1) is 11.6 Å². The summed E-state index contributed by atoms with van der Waals surface area (Å²) < 4.78 is 42.0. The molecule has 0 aliphatic carbocycles. The maximum absolute atomic E-state index is 12.8. The lowest BCUT2D eigenvalue weighted by atomic mass is 9.85. The molecular weight excluding hydrogens is 367 g/mol. The van der Waals surface area contributed by atoms with Crippen LogP contribution in [0.3, 0.4) is 0 Å². The molecule has 0 saturated carbocycles. The van der Waals surface area contributed by atoms with Gasteiger partial charge in [-0.2, -0.15) is 13.2 Å². The standard InChI is InChI=1S/C16H16F3N5OS/c17-16(18,19)10-3-1-9(2-4-10)14-11-7-24(6-5-12(11)20-22-14)15(25)13-8-26-23-21-13/h1-4,8,11-12,14,20,22H,5-7H2. The van der Waals surface area contributed by atoms with Crippen molar-refractivity contribution in [1.82, 2.24) is 25.3 Å².